The van der Waals surface area contributed by atoms with Crippen LogP contribution in [-0.4, -0.2) is 46.7 Å². The SMILES string of the molecule is COc1ccc(S(=O)(=O)Nc2ccc(OC3CCN(C)CC3)cc2)cc1C(C)C. The van der Waals surface area contributed by atoms with Crippen molar-refractivity contribution in [1.82, 2.24) is 4.90 Å². The molecular weight excluding hydrogens is 388 g/mol. The molecule has 0 unspecified atom stereocenters. The highest BCUT2D eigenvalue weighted by atomic mass is 32.2. The molecule has 2 aromatic rings. The van der Waals surface area contributed by atoms with Crippen molar-refractivity contribution >= 4 is 15.7 Å². The highest BCUT2D eigenvalue weighted by Crippen LogP contribution is 2.30. The Balaban J connectivity index is 1.69. The van der Waals surface area contributed by atoms with Crippen LogP contribution >= 0.6 is 0 Å². The van der Waals surface area contributed by atoms with E-state index in [2.05, 4.69) is 16.7 Å². The van der Waals surface area contributed by atoms with E-state index in [-0.39, 0.29) is 16.9 Å². The number of likely N-dealkylation sites (tertiary alicyclic amines) is 1. The van der Waals surface area contributed by atoms with E-state index in [9.17, 15) is 8.42 Å². The fourth-order valence-electron chi connectivity index (χ4n) is 3.44. The molecule has 6 nitrogen and oxygen atoms in total. The van der Waals surface area contributed by atoms with Crippen LogP contribution in [0.3, 0.4) is 0 Å². The molecular formula is C22H30N2O4S. The number of piperidine rings is 1. The topological polar surface area (TPSA) is 67.9 Å². The second kappa shape index (κ2) is 9.05. The lowest BCUT2D eigenvalue weighted by Gasteiger charge is -2.29. The number of ether oxygens (including phenoxy) is 2. The molecule has 0 atom stereocenters. The Bertz CT molecular complexity index is 918. The quantitative estimate of drug-likeness (QED) is 0.733. The van der Waals surface area contributed by atoms with Crippen molar-refractivity contribution < 1.29 is 17.9 Å². The van der Waals surface area contributed by atoms with Gasteiger partial charge in [-0.1, -0.05) is 13.8 Å². The smallest absolute Gasteiger partial charge is 0.261 e. The molecule has 2 aromatic carbocycles. The summed E-state index contributed by atoms with van der Waals surface area (Å²) in [6.45, 7) is 6.07. The van der Waals surface area contributed by atoms with Crippen molar-refractivity contribution in [2.45, 2.75) is 43.6 Å². The molecule has 1 heterocycles. The zero-order valence-corrected chi connectivity index (χ0v) is 18.3. The molecule has 0 amide bonds. The third-order valence-electron chi connectivity index (χ3n) is 5.21. The lowest BCUT2D eigenvalue weighted by atomic mass is 10.0. The molecule has 158 valence electrons. The van der Waals surface area contributed by atoms with Crippen LogP contribution in [0.2, 0.25) is 0 Å². The van der Waals surface area contributed by atoms with Crippen LogP contribution < -0.4 is 14.2 Å². The van der Waals surface area contributed by atoms with Gasteiger partial charge in [0.2, 0.25) is 0 Å². The first-order valence-electron chi connectivity index (χ1n) is 9.94. The molecule has 1 aliphatic rings. The Morgan fingerprint density at radius 2 is 1.72 bits per heavy atom. The molecule has 1 aliphatic heterocycles. The lowest BCUT2D eigenvalue weighted by molar-refractivity contribution is 0.114. The zero-order chi connectivity index (χ0) is 21.0. The normalized spacial score (nSPS) is 16.0. The molecule has 0 saturated carbocycles. The maximum atomic E-state index is 12.8. The second-order valence-corrected chi connectivity index (χ2v) is 9.49. The van der Waals surface area contributed by atoms with Crippen molar-refractivity contribution in [2.24, 2.45) is 0 Å². The summed E-state index contributed by atoms with van der Waals surface area (Å²) in [6.07, 6.45) is 2.21. The minimum absolute atomic E-state index is 0.149. The minimum Gasteiger partial charge on any atom is -0.496 e. The molecule has 0 aliphatic carbocycles. The van der Waals surface area contributed by atoms with Crippen LogP contribution in [0.1, 0.15) is 38.2 Å². The Morgan fingerprint density at radius 1 is 1.07 bits per heavy atom. The first-order chi connectivity index (χ1) is 13.8. The van der Waals surface area contributed by atoms with E-state index in [4.69, 9.17) is 9.47 Å². The molecule has 1 saturated heterocycles. The van der Waals surface area contributed by atoms with Crippen molar-refractivity contribution in [2.75, 3.05) is 32.0 Å². The van der Waals surface area contributed by atoms with Gasteiger partial charge < -0.3 is 14.4 Å². The third-order valence-corrected chi connectivity index (χ3v) is 6.59. The number of methoxy groups -OCH3 is 1. The van der Waals surface area contributed by atoms with E-state index in [0.29, 0.717) is 11.4 Å². The van der Waals surface area contributed by atoms with E-state index < -0.39 is 10.0 Å². The number of sulfonamides is 1. The van der Waals surface area contributed by atoms with E-state index in [1.54, 1.807) is 37.4 Å². The third kappa shape index (κ3) is 5.42. The van der Waals surface area contributed by atoms with Crippen LogP contribution in [0.15, 0.2) is 47.4 Å². The number of benzene rings is 2. The van der Waals surface area contributed by atoms with E-state index in [1.807, 2.05) is 26.0 Å². The first-order valence-corrected chi connectivity index (χ1v) is 11.4. The van der Waals surface area contributed by atoms with Crippen molar-refractivity contribution in [3.05, 3.63) is 48.0 Å². The summed E-state index contributed by atoms with van der Waals surface area (Å²) in [7, 11) is 0.00888. The summed E-state index contributed by atoms with van der Waals surface area (Å²) in [5.41, 5.74) is 1.36. The van der Waals surface area contributed by atoms with Crippen LogP contribution in [0.25, 0.3) is 0 Å². The standard InChI is InChI=1S/C22H30N2O4S/c1-16(2)21-15-20(9-10-22(21)27-4)29(25,26)23-17-5-7-18(8-6-17)28-19-11-13-24(3)14-12-19/h5-10,15-16,19,23H,11-14H2,1-4H3. The molecule has 0 bridgehead atoms. The van der Waals surface area contributed by atoms with Crippen LogP contribution in [0, 0.1) is 0 Å². The molecule has 7 heteroatoms. The summed E-state index contributed by atoms with van der Waals surface area (Å²) in [5, 5.41) is 0. The Hall–Kier alpha value is -2.25. The van der Waals surface area contributed by atoms with Crippen molar-refractivity contribution in [3.63, 3.8) is 0 Å². The van der Waals surface area contributed by atoms with Crippen molar-refractivity contribution in [1.29, 1.82) is 0 Å². The maximum absolute atomic E-state index is 12.8. The van der Waals surface area contributed by atoms with Gasteiger partial charge in [-0.05, 0) is 73.8 Å². The van der Waals surface area contributed by atoms with Gasteiger partial charge in [0.1, 0.15) is 17.6 Å². The van der Waals surface area contributed by atoms with Gasteiger partial charge in [-0.15, -0.1) is 0 Å². The zero-order valence-electron chi connectivity index (χ0n) is 17.5. The highest BCUT2D eigenvalue weighted by molar-refractivity contribution is 7.92. The average molecular weight is 419 g/mol. The van der Waals surface area contributed by atoms with Gasteiger partial charge in [0.25, 0.3) is 10.0 Å². The summed E-state index contributed by atoms with van der Waals surface area (Å²) >= 11 is 0. The fourth-order valence-corrected chi connectivity index (χ4v) is 4.54. The molecule has 0 aromatic heterocycles. The molecule has 1 fully saturated rings. The summed E-state index contributed by atoms with van der Waals surface area (Å²) in [6, 6.07) is 12.0. The number of hydrogen-bond acceptors (Lipinski definition) is 5. The van der Waals surface area contributed by atoms with Gasteiger partial charge in [-0.25, -0.2) is 8.42 Å². The predicted octanol–water partition coefficient (Wildman–Crippen LogP) is 4.09. The number of anilines is 1. The number of rotatable bonds is 7. The van der Waals surface area contributed by atoms with Crippen LogP contribution in [-0.2, 0) is 10.0 Å². The average Bonchev–Trinajstić information content (AvgIpc) is 2.70. The van der Waals surface area contributed by atoms with E-state index in [0.717, 1.165) is 37.2 Å². The van der Waals surface area contributed by atoms with Gasteiger partial charge in [0.15, 0.2) is 0 Å². The van der Waals surface area contributed by atoms with Crippen LogP contribution in [0.4, 0.5) is 5.69 Å². The van der Waals surface area contributed by atoms with Crippen LogP contribution in [0.5, 0.6) is 11.5 Å². The van der Waals surface area contributed by atoms with E-state index >= 15 is 0 Å². The van der Waals surface area contributed by atoms with Crippen molar-refractivity contribution in [3.8, 4) is 11.5 Å². The molecule has 0 spiro atoms. The number of nitrogens with one attached hydrogen (secondary N) is 1. The largest absolute Gasteiger partial charge is 0.496 e. The first kappa shape index (κ1) is 21.5. The predicted molar refractivity (Wildman–Crippen MR) is 115 cm³/mol. The Morgan fingerprint density at radius 3 is 2.31 bits per heavy atom. The summed E-state index contributed by atoms with van der Waals surface area (Å²) < 4.78 is 39.7. The lowest BCUT2D eigenvalue weighted by Crippen LogP contribution is -2.35. The maximum Gasteiger partial charge on any atom is 0.261 e. The van der Waals surface area contributed by atoms with Gasteiger partial charge in [-0.2, -0.15) is 0 Å². The monoisotopic (exact) mass is 418 g/mol. The Labute approximate surface area is 173 Å². The molecule has 29 heavy (non-hydrogen) atoms. The highest BCUT2D eigenvalue weighted by Gasteiger charge is 2.19. The molecule has 1 N–H and O–H groups in total. The summed E-state index contributed by atoms with van der Waals surface area (Å²) in [5.74, 6) is 1.60. The van der Waals surface area contributed by atoms with Gasteiger partial charge in [0, 0.05) is 18.8 Å². The molecule has 3 rings (SSSR count). The fraction of sp³-hybridized carbons (Fsp3) is 0.455. The minimum atomic E-state index is -3.69. The number of hydrogen-bond donors (Lipinski definition) is 1. The molecule has 0 radical (unpaired) electrons. The Kier molecular flexibility index (Phi) is 6.70. The van der Waals surface area contributed by atoms with Gasteiger partial charge in [0.05, 0.1) is 12.0 Å². The van der Waals surface area contributed by atoms with E-state index in [1.165, 1.54) is 0 Å². The van der Waals surface area contributed by atoms with Gasteiger partial charge in [-0.3, -0.25) is 4.72 Å². The second-order valence-electron chi connectivity index (χ2n) is 7.81. The summed E-state index contributed by atoms with van der Waals surface area (Å²) in [4.78, 5) is 2.51. The van der Waals surface area contributed by atoms with Gasteiger partial charge >= 0.3 is 0 Å². The number of nitrogens with zero attached hydrogens (tertiary/aromatic N) is 1.